The molecule has 11 heteroatoms. The van der Waals surface area contributed by atoms with Gasteiger partial charge in [0.15, 0.2) is 0 Å². The molecule has 4 rings (SSSR count). The van der Waals surface area contributed by atoms with Crippen molar-refractivity contribution >= 4 is 29.1 Å². The number of nitrogens with zero attached hydrogens (tertiary/aromatic N) is 5. The number of urea groups is 1. The Hall–Kier alpha value is -3.34. The van der Waals surface area contributed by atoms with Gasteiger partial charge in [0, 0.05) is 63.7 Å². The van der Waals surface area contributed by atoms with E-state index in [-0.39, 0.29) is 23.5 Å². The molecule has 30 heavy (non-hydrogen) atoms. The summed E-state index contributed by atoms with van der Waals surface area (Å²) in [6.45, 7) is 5.78. The summed E-state index contributed by atoms with van der Waals surface area (Å²) in [6, 6.07) is 7.72. The van der Waals surface area contributed by atoms with Gasteiger partial charge in [-0.3, -0.25) is 4.79 Å². The van der Waals surface area contributed by atoms with Crippen LogP contribution in [0.25, 0.3) is 0 Å². The molecule has 2 saturated heterocycles. The average molecular weight is 414 g/mol. The molecule has 2 aromatic rings. The Bertz CT molecular complexity index is 878. The number of hydrogen-bond donors (Lipinski definition) is 3. The Morgan fingerprint density at radius 3 is 2.37 bits per heavy atom. The van der Waals surface area contributed by atoms with E-state index >= 15 is 0 Å². The van der Waals surface area contributed by atoms with Gasteiger partial charge in [-0.25, -0.2) is 9.42 Å². The van der Waals surface area contributed by atoms with E-state index in [1.54, 1.807) is 9.80 Å². The number of benzene rings is 1. The second kappa shape index (κ2) is 8.99. The topological polar surface area (TPSA) is 133 Å². The highest BCUT2D eigenvalue weighted by atomic mass is 16.6. The van der Waals surface area contributed by atoms with Crippen LogP contribution in [0.3, 0.4) is 0 Å². The molecule has 3 amide bonds. The number of nitrogens with one attached hydrogen (secondary N) is 2. The van der Waals surface area contributed by atoms with Crippen LogP contribution < -0.4 is 21.3 Å². The van der Waals surface area contributed by atoms with Crippen molar-refractivity contribution in [3.63, 3.8) is 0 Å². The molecule has 2 aliphatic heterocycles. The van der Waals surface area contributed by atoms with Crippen LogP contribution in [-0.2, 0) is 0 Å². The van der Waals surface area contributed by atoms with Gasteiger partial charge in [-0.1, -0.05) is 0 Å². The van der Waals surface area contributed by atoms with Crippen molar-refractivity contribution < 1.29 is 14.2 Å². The normalized spacial score (nSPS) is 17.5. The molecule has 160 valence electrons. The summed E-state index contributed by atoms with van der Waals surface area (Å²) in [5.41, 5.74) is 7.52. The maximum atomic E-state index is 12.7. The molecule has 1 aromatic heterocycles. The number of piperazine rings is 1. The standard InChI is InChI=1S/C19H26N8O3/c20-17-16(23-30-24-17)18(28)26-8-1-9-27(13-12-26)19(29)22-14-2-4-15(5-3-14)25-10-6-21-7-11-25/h2-5,21H,1,6-13H2,(H2,20,24)(H,22,29). The van der Waals surface area contributed by atoms with Crippen LogP contribution in [0, 0.1) is 0 Å². The van der Waals surface area contributed by atoms with E-state index in [1.807, 2.05) is 24.3 Å². The van der Waals surface area contributed by atoms with E-state index in [2.05, 4.69) is 30.5 Å². The van der Waals surface area contributed by atoms with Crippen molar-refractivity contribution in [2.75, 3.05) is 68.3 Å². The molecular weight excluding hydrogens is 388 g/mol. The largest absolute Gasteiger partial charge is 0.379 e. The van der Waals surface area contributed by atoms with Crippen molar-refractivity contribution in [3.8, 4) is 0 Å². The second-order valence-electron chi connectivity index (χ2n) is 7.34. The number of carbonyl (C=O) groups excluding carboxylic acids is 2. The summed E-state index contributed by atoms with van der Waals surface area (Å²) in [5.74, 6) is -0.359. The number of amides is 3. The van der Waals surface area contributed by atoms with Crippen molar-refractivity contribution in [3.05, 3.63) is 30.0 Å². The van der Waals surface area contributed by atoms with Gasteiger partial charge in [-0.05, 0) is 41.0 Å². The fraction of sp³-hybridized carbons (Fsp3) is 0.474. The van der Waals surface area contributed by atoms with E-state index in [0.717, 1.165) is 37.6 Å². The Morgan fingerprint density at radius 2 is 1.67 bits per heavy atom. The van der Waals surface area contributed by atoms with Crippen LogP contribution in [0.2, 0.25) is 0 Å². The monoisotopic (exact) mass is 414 g/mol. The molecule has 3 heterocycles. The first kappa shape index (κ1) is 20.0. The Morgan fingerprint density at radius 1 is 0.967 bits per heavy atom. The van der Waals surface area contributed by atoms with Crippen molar-refractivity contribution in [2.24, 2.45) is 0 Å². The highest BCUT2D eigenvalue weighted by molar-refractivity contribution is 5.96. The van der Waals surface area contributed by atoms with Crippen LogP contribution in [0.15, 0.2) is 28.9 Å². The molecule has 2 fully saturated rings. The number of hydrogen-bond acceptors (Lipinski definition) is 8. The molecular formula is C19H26N8O3. The molecule has 0 spiro atoms. The van der Waals surface area contributed by atoms with Crippen LogP contribution in [0.1, 0.15) is 16.9 Å². The van der Waals surface area contributed by atoms with Gasteiger partial charge in [0.25, 0.3) is 5.91 Å². The van der Waals surface area contributed by atoms with Gasteiger partial charge in [-0.15, -0.1) is 0 Å². The number of nitrogens with two attached hydrogens (primary N) is 1. The molecule has 0 unspecified atom stereocenters. The molecule has 2 aliphatic rings. The third kappa shape index (κ3) is 4.46. The SMILES string of the molecule is Nc1nonc1C(=O)N1CCCN(C(=O)Nc2ccc(N3CCNCC3)cc2)CC1. The zero-order valence-electron chi connectivity index (χ0n) is 16.7. The lowest BCUT2D eigenvalue weighted by atomic mass is 10.2. The molecule has 0 saturated carbocycles. The van der Waals surface area contributed by atoms with Crippen molar-refractivity contribution in [1.29, 1.82) is 0 Å². The molecule has 0 bridgehead atoms. The Labute approximate surface area is 174 Å². The van der Waals surface area contributed by atoms with E-state index < -0.39 is 0 Å². The summed E-state index contributed by atoms with van der Waals surface area (Å²) in [6.07, 6.45) is 0.659. The van der Waals surface area contributed by atoms with Crippen LogP contribution in [0.5, 0.6) is 0 Å². The quantitative estimate of drug-likeness (QED) is 0.659. The van der Waals surface area contributed by atoms with Gasteiger partial charge >= 0.3 is 6.03 Å². The predicted octanol–water partition coefficient (Wildman–Crippen LogP) is 0.441. The first-order chi connectivity index (χ1) is 14.6. The highest BCUT2D eigenvalue weighted by Gasteiger charge is 2.26. The van der Waals surface area contributed by atoms with Gasteiger partial charge in [0.1, 0.15) is 0 Å². The maximum Gasteiger partial charge on any atom is 0.321 e. The number of nitrogen functional groups attached to an aromatic ring is 1. The zero-order valence-corrected chi connectivity index (χ0v) is 16.7. The van der Waals surface area contributed by atoms with E-state index in [9.17, 15) is 9.59 Å². The van der Waals surface area contributed by atoms with Gasteiger partial charge in [0.05, 0.1) is 0 Å². The smallest absolute Gasteiger partial charge is 0.321 e. The van der Waals surface area contributed by atoms with E-state index in [1.165, 1.54) is 0 Å². The third-order valence-electron chi connectivity index (χ3n) is 5.39. The summed E-state index contributed by atoms with van der Waals surface area (Å²) < 4.78 is 4.51. The fourth-order valence-corrected chi connectivity index (χ4v) is 3.70. The average Bonchev–Trinajstić information content (AvgIpc) is 3.05. The van der Waals surface area contributed by atoms with Crippen LogP contribution in [0.4, 0.5) is 22.0 Å². The fourth-order valence-electron chi connectivity index (χ4n) is 3.70. The van der Waals surface area contributed by atoms with E-state index in [0.29, 0.717) is 32.6 Å². The summed E-state index contributed by atoms with van der Waals surface area (Å²) in [4.78, 5) is 30.9. The number of aromatic nitrogens is 2. The Kier molecular flexibility index (Phi) is 5.98. The molecule has 1 aromatic carbocycles. The summed E-state index contributed by atoms with van der Waals surface area (Å²) >= 11 is 0. The lowest BCUT2D eigenvalue weighted by molar-refractivity contribution is 0.0752. The van der Waals surface area contributed by atoms with Gasteiger partial charge < -0.3 is 31.1 Å². The Balaban J connectivity index is 1.31. The second-order valence-corrected chi connectivity index (χ2v) is 7.34. The maximum absolute atomic E-state index is 12.7. The third-order valence-corrected chi connectivity index (χ3v) is 5.39. The molecule has 4 N–H and O–H groups in total. The van der Waals surface area contributed by atoms with Gasteiger partial charge in [0.2, 0.25) is 11.5 Å². The zero-order chi connectivity index (χ0) is 20.9. The number of carbonyl (C=O) groups is 2. The van der Waals surface area contributed by atoms with Crippen LogP contribution in [-0.4, -0.2) is 84.4 Å². The lowest BCUT2D eigenvalue weighted by Gasteiger charge is -2.29. The molecule has 0 aliphatic carbocycles. The lowest BCUT2D eigenvalue weighted by Crippen LogP contribution is -2.43. The molecule has 0 radical (unpaired) electrons. The van der Waals surface area contributed by atoms with Crippen molar-refractivity contribution in [2.45, 2.75) is 6.42 Å². The minimum Gasteiger partial charge on any atom is -0.379 e. The summed E-state index contributed by atoms with van der Waals surface area (Å²) in [7, 11) is 0. The minimum atomic E-state index is -0.334. The van der Waals surface area contributed by atoms with Crippen molar-refractivity contribution in [1.82, 2.24) is 25.4 Å². The number of anilines is 3. The first-order valence-electron chi connectivity index (χ1n) is 10.1. The minimum absolute atomic E-state index is 0.0116. The summed E-state index contributed by atoms with van der Waals surface area (Å²) in [5, 5.41) is 13.3. The van der Waals surface area contributed by atoms with Crippen LogP contribution >= 0.6 is 0 Å². The predicted molar refractivity (Wildman–Crippen MR) is 111 cm³/mol. The van der Waals surface area contributed by atoms with E-state index in [4.69, 9.17) is 5.73 Å². The number of rotatable bonds is 3. The molecule has 0 atom stereocenters. The highest BCUT2D eigenvalue weighted by Crippen LogP contribution is 2.19. The first-order valence-corrected chi connectivity index (χ1v) is 10.1. The van der Waals surface area contributed by atoms with Gasteiger partial charge in [-0.2, -0.15) is 0 Å². The molecule has 11 nitrogen and oxygen atoms in total.